The average molecular weight is 259 g/mol. The van der Waals surface area contributed by atoms with Gasteiger partial charge in [-0.2, -0.15) is 0 Å². The number of benzene rings is 2. The van der Waals surface area contributed by atoms with E-state index in [-0.39, 0.29) is 6.04 Å². The molecule has 1 unspecified atom stereocenters. The minimum absolute atomic E-state index is 0.0869. The first kappa shape index (κ1) is 12.3. The molecule has 0 saturated heterocycles. The second-order valence-electron chi connectivity index (χ2n) is 5.14. The molecular formula is C16H15F2N. The van der Waals surface area contributed by atoms with Crippen molar-refractivity contribution in [2.24, 2.45) is 5.73 Å². The summed E-state index contributed by atoms with van der Waals surface area (Å²) in [5.41, 5.74) is 9.98. The van der Waals surface area contributed by atoms with Gasteiger partial charge in [0.25, 0.3) is 0 Å². The zero-order chi connectivity index (χ0) is 13.6. The molecule has 0 fully saturated rings. The van der Waals surface area contributed by atoms with Crippen LogP contribution < -0.4 is 5.73 Å². The molecule has 0 heterocycles. The van der Waals surface area contributed by atoms with Crippen LogP contribution in [-0.2, 0) is 6.42 Å². The average Bonchev–Trinajstić information content (AvgIpc) is 2.75. The number of hydrogen-bond acceptors (Lipinski definition) is 1. The largest absolute Gasteiger partial charge is 0.324 e. The van der Waals surface area contributed by atoms with Crippen LogP contribution in [0.5, 0.6) is 0 Å². The summed E-state index contributed by atoms with van der Waals surface area (Å²) in [5.74, 6) is -1.03. The van der Waals surface area contributed by atoms with Crippen molar-refractivity contribution in [1.82, 2.24) is 0 Å². The first-order valence-electron chi connectivity index (χ1n) is 6.40. The Morgan fingerprint density at radius 1 is 1.11 bits per heavy atom. The highest BCUT2D eigenvalue weighted by molar-refractivity contribution is 5.67. The maximum Gasteiger partial charge on any atom is 0.133 e. The maximum atomic E-state index is 13.9. The first-order valence-corrected chi connectivity index (χ1v) is 6.40. The van der Waals surface area contributed by atoms with E-state index < -0.39 is 11.6 Å². The van der Waals surface area contributed by atoms with Crippen LogP contribution in [0.1, 0.15) is 29.2 Å². The van der Waals surface area contributed by atoms with Crippen LogP contribution in [-0.4, -0.2) is 0 Å². The van der Waals surface area contributed by atoms with Gasteiger partial charge in [0.05, 0.1) is 0 Å². The molecule has 2 aromatic carbocycles. The van der Waals surface area contributed by atoms with Gasteiger partial charge in [-0.05, 0) is 48.1 Å². The zero-order valence-corrected chi connectivity index (χ0v) is 10.7. The van der Waals surface area contributed by atoms with E-state index in [2.05, 4.69) is 0 Å². The van der Waals surface area contributed by atoms with Crippen molar-refractivity contribution >= 4 is 0 Å². The first-order chi connectivity index (χ1) is 9.06. The van der Waals surface area contributed by atoms with Gasteiger partial charge in [-0.1, -0.05) is 18.2 Å². The van der Waals surface area contributed by atoms with E-state index in [0.717, 1.165) is 30.0 Å². The molecule has 0 aliphatic heterocycles. The van der Waals surface area contributed by atoms with Crippen molar-refractivity contribution < 1.29 is 8.78 Å². The highest BCUT2D eigenvalue weighted by atomic mass is 19.1. The van der Waals surface area contributed by atoms with Gasteiger partial charge in [0.15, 0.2) is 0 Å². The third kappa shape index (κ3) is 2.04. The van der Waals surface area contributed by atoms with E-state index in [0.29, 0.717) is 11.1 Å². The smallest absolute Gasteiger partial charge is 0.133 e. The van der Waals surface area contributed by atoms with Crippen molar-refractivity contribution in [2.75, 3.05) is 0 Å². The Bertz CT molecular complexity index is 649. The van der Waals surface area contributed by atoms with Crippen molar-refractivity contribution in [2.45, 2.75) is 25.8 Å². The molecule has 1 nitrogen and oxygen atoms in total. The fraction of sp³-hybridized carbons (Fsp3) is 0.250. The predicted octanol–water partition coefficient (Wildman–Crippen LogP) is 3.89. The Hall–Kier alpha value is -1.74. The second kappa shape index (κ2) is 4.42. The summed E-state index contributed by atoms with van der Waals surface area (Å²) >= 11 is 0. The number of rotatable bonds is 1. The molecule has 0 amide bonds. The summed E-state index contributed by atoms with van der Waals surface area (Å²) in [6, 6.07) is 8.38. The van der Waals surface area contributed by atoms with E-state index in [1.807, 2.05) is 18.2 Å². The summed E-state index contributed by atoms with van der Waals surface area (Å²) in [5, 5.41) is 0. The lowest BCUT2D eigenvalue weighted by Gasteiger charge is -2.09. The molecule has 98 valence electrons. The molecule has 0 spiro atoms. The summed E-state index contributed by atoms with van der Waals surface area (Å²) < 4.78 is 27.2. The normalized spacial score (nSPS) is 17.6. The fourth-order valence-electron chi connectivity index (χ4n) is 2.70. The molecule has 1 atom stereocenters. The minimum atomic E-state index is -0.523. The van der Waals surface area contributed by atoms with E-state index in [9.17, 15) is 8.78 Å². The van der Waals surface area contributed by atoms with Crippen LogP contribution in [0.3, 0.4) is 0 Å². The molecule has 0 bridgehead atoms. The predicted molar refractivity (Wildman–Crippen MR) is 71.8 cm³/mol. The summed E-state index contributed by atoms with van der Waals surface area (Å²) in [7, 11) is 0. The lowest BCUT2D eigenvalue weighted by molar-refractivity contribution is 0.579. The van der Waals surface area contributed by atoms with Crippen molar-refractivity contribution in [3.8, 4) is 11.1 Å². The molecule has 0 aromatic heterocycles. The van der Waals surface area contributed by atoms with Crippen LogP contribution in [0.25, 0.3) is 11.1 Å². The van der Waals surface area contributed by atoms with Gasteiger partial charge in [0, 0.05) is 17.7 Å². The van der Waals surface area contributed by atoms with Crippen LogP contribution in [0.4, 0.5) is 8.78 Å². The van der Waals surface area contributed by atoms with Crippen LogP contribution in [0.15, 0.2) is 30.3 Å². The van der Waals surface area contributed by atoms with Gasteiger partial charge in [0.2, 0.25) is 0 Å². The van der Waals surface area contributed by atoms with Gasteiger partial charge in [-0.15, -0.1) is 0 Å². The molecule has 19 heavy (non-hydrogen) atoms. The number of fused-ring (bicyclic) bond motifs is 1. The van der Waals surface area contributed by atoms with E-state index in [4.69, 9.17) is 5.73 Å². The summed E-state index contributed by atoms with van der Waals surface area (Å²) in [6.07, 6.45) is 1.86. The number of hydrogen-bond donors (Lipinski definition) is 1. The third-order valence-corrected chi connectivity index (χ3v) is 3.83. The Kier molecular flexibility index (Phi) is 2.86. The molecule has 3 heteroatoms. The molecule has 1 aliphatic rings. The minimum Gasteiger partial charge on any atom is -0.324 e. The van der Waals surface area contributed by atoms with E-state index in [1.54, 1.807) is 13.0 Å². The van der Waals surface area contributed by atoms with Crippen LogP contribution in [0.2, 0.25) is 0 Å². The molecule has 0 saturated carbocycles. The Morgan fingerprint density at radius 3 is 2.68 bits per heavy atom. The lowest BCUT2D eigenvalue weighted by atomic mass is 9.98. The van der Waals surface area contributed by atoms with Gasteiger partial charge in [0.1, 0.15) is 11.6 Å². The van der Waals surface area contributed by atoms with E-state index >= 15 is 0 Å². The highest BCUT2D eigenvalue weighted by Crippen LogP contribution is 2.34. The molecule has 3 rings (SSSR count). The highest BCUT2D eigenvalue weighted by Gasteiger charge is 2.20. The molecule has 0 radical (unpaired) electrons. The third-order valence-electron chi connectivity index (χ3n) is 3.83. The van der Waals surface area contributed by atoms with Crippen molar-refractivity contribution in [3.05, 3.63) is 58.7 Å². The monoisotopic (exact) mass is 259 g/mol. The van der Waals surface area contributed by atoms with Crippen molar-refractivity contribution in [1.29, 1.82) is 0 Å². The maximum absolute atomic E-state index is 13.9. The zero-order valence-electron chi connectivity index (χ0n) is 10.7. The topological polar surface area (TPSA) is 26.0 Å². The Morgan fingerprint density at radius 2 is 1.89 bits per heavy atom. The lowest BCUT2D eigenvalue weighted by Crippen LogP contribution is -2.04. The Labute approximate surface area is 111 Å². The fourth-order valence-corrected chi connectivity index (χ4v) is 2.70. The second-order valence-corrected chi connectivity index (χ2v) is 5.14. The molecule has 2 aromatic rings. The van der Waals surface area contributed by atoms with Gasteiger partial charge in [-0.3, -0.25) is 0 Å². The van der Waals surface area contributed by atoms with Gasteiger partial charge < -0.3 is 5.73 Å². The van der Waals surface area contributed by atoms with Gasteiger partial charge in [-0.25, -0.2) is 8.78 Å². The SMILES string of the molecule is Cc1cc(-c2ccc3c(c2)CCC3N)c(F)cc1F. The standard InChI is InChI=1S/C16H15F2N/c1-9-6-13(15(18)8-14(9)17)11-2-4-12-10(7-11)3-5-16(12)19/h2,4,6-8,16H,3,5,19H2,1H3. The number of halogens is 2. The Balaban J connectivity index is 2.11. The van der Waals surface area contributed by atoms with Crippen molar-refractivity contribution in [3.63, 3.8) is 0 Å². The quantitative estimate of drug-likeness (QED) is 0.826. The molecule has 1 aliphatic carbocycles. The summed E-state index contributed by atoms with van der Waals surface area (Å²) in [4.78, 5) is 0. The molecular weight excluding hydrogens is 244 g/mol. The van der Waals surface area contributed by atoms with Gasteiger partial charge >= 0.3 is 0 Å². The van der Waals surface area contributed by atoms with Crippen LogP contribution >= 0.6 is 0 Å². The van der Waals surface area contributed by atoms with Crippen LogP contribution in [0, 0.1) is 18.6 Å². The number of nitrogens with two attached hydrogens (primary N) is 1. The molecule has 2 N–H and O–H groups in total. The number of aryl methyl sites for hydroxylation is 2. The van der Waals surface area contributed by atoms with E-state index in [1.165, 1.54) is 5.56 Å². The summed E-state index contributed by atoms with van der Waals surface area (Å²) in [6.45, 7) is 1.64.